The van der Waals surface area contributed by atoms with Crippen LogP contribution in [-0.2, 0) is 15.3 Å². The van der Waals surface area contributed by atoms with E-state index < -0.39 is 11.1 Å². The van der Waals surface area contributed by atoms with Crippen molar-refractivity contribution in [1.29, 1.82) is 0 Å². The van der Waals surface area contributed by atoms with Crippen LogP contribution in [0.5, 0.6) is 0 Å². The monoisotopic (exact) mass is 198 g/mol. The van der Waals surface area contributed by atoms with Gasteiger partial charge in [0.1, 0.15) is 0 Å². The minimum atomic E-state index is -1.32. The van der Waals surface area contributed by atoms with Crippen LogP contribution in [0.4, 0.5) is 0 Å². The molecule has 0 radical (unpaired) electrons. The molecule has 0 spiro atoms. The Morgan fingerprint density at radius 2 is 1.92 bits per heavy atom. The predicted molar refractivity (Wildman–Crippen MR) is 53.9 cm³/mol. The van der Waals surface area contributed by atoms with Crippen molar-refractivity contribution in [3.63, 3.8) is 0 Å². The molecule has 1 aromatic rings. The molecule has 1 atom stereocenters. The average Bonchev–Trinajstić information content (AvgIpc) is 2.16. The van der Waals surface area contributed by atoms with Gasteiger partial charge < -0.3 is 0 Å². The summed E-state index contributed by atoms with van der Waals surface area (Å²) < 4.78 is 16.2. The largest absolute Gasteiger partial charge is 0.290 e. The third-order valence-corrected chi connectivity index (χ3v) is 2.91. The Morgan fingerprint density at radius 3 is 2.46 bits per heavy atom. The first-order valence-electron chi connectivity index (χ1n) is 4.22. The fraction of sp³-hybridized carbons (Fsp3) is 0.400. The highest BCUT2D eigenvalue weighted by atomic mass is 32.2. The summed E-state index contributed by atoms with van der Waals surface area (Å²) in [6, 6.07) is 7.65. The summed E-state index contributed by atoms with van der Waals surface area (Å²) in [7, 11) is 1.45. The first-order valence-corrected chi connectivity index (χ1v) is 5.29. The standard InChI is InChI=1S/C10H14O2S/c1-8(2)9-6-4-5-7-10(9)13(11)12-3/h4-8H,1-3H3. The molecule has 0 N–H and O–H groups in total. The van der Waals surface area contributed by atoms with E-state index in [-0.39, 0.29) is 0 Å². The molecule has 0 heterocycles. The van der Waals surface area contributed by atoms with Crippen LogP contribution in [0.2, 0.25) is 0 Å². The van der Waals surface area contributed by atoms with Gasteiger partial charge in [-0.3, -0.25) is 4.18 Å². The van der Waals surface area contributed by atoms with E-state index in [1.807, 2.05) is 24.3 Å². The van der Waals surface area contributed by atoms with Crippen molar-refractivity contribution in [2.45, 2.75) is 24.7 Å². The van der Waals surface area contributed by atoms with Crippen LogP contribution in [0.3, 0.4) is 0 Å². The van der Waals surface area contributed by atoms with Crippen LogP contribution in [0.15, 0.2) is 29.2 Å². The van der Waals surface area contributed by atoms with Crippen LogP contribution in [0.25, 0.3) is 0 Å². The van der Waals surface area contributed by atoms with Gasteiger partial charge in [0.2, 0.25) is 0 Å². The molecule has 0 saturated heterocycles. The van der Waals surface area contributed by atoms with E-state index in [4.69, 9.17) is 4.18 Å². The lowest BCUT2D eigenvalue weighted by Crippen LogP contribution is -2.00. The molecule has 1 aromatic carbocycles. The molecule has 72 valence electrons. The minimum absolute atomic E-state index is 0.371. The molecule has 0 amide bonds. The summed E-state index contributed by atoms with van der Waals surface area (Å²) in [5.74, 6) is 0.371. The Kier molecular flexibility index (Phi) is 3.63. The SMILES string of the molecule is COS(=O)c1ccccc1C(C)C. The molecule has 2 nitrogen and oxygen atoms in total. The number of hydrogen-bond acceptors (Lipinski definition) is 2. The third-order valence-electron chi connectivity index (χ3n) is 1.87. The van der Waals surface area contributed by atoms with E-state index in [9.17, 15) is 4.21 Å². The zero-order chi connectivity index (χ0) is 9.84. The van der Waals surface area contributed by atoms with Crippen molar-refractivity contribution in [3.05, 3.63) is 29.8 Å². The lowest BCUT2D eigenvalue weighted by atomic mass is 10.0. The fourth-order valence-corrected chi connectivity index (χ4v) is 2.06. The molecule has 0 fully saturated rings. The van der Waals surface area contributed by atoms with Crippen molar-refractivity contribution in [3.8, 4) is 0 Å². The minimum Gasteiger partial charge on any atom is -0.290 e. The van der Waals surface area contributed by atoms with Gasteiger partial charge in [-0.15, -0.1) is 0 Å². The molecule has 3 heteroatoms. The molecule has 0 aromatic heterocycles. The first kappa shape index (κ1) is 10.4. The van der Waals surface area contributed by atoms with Gasteiger partial charge in [0.15, 0.2) is 11.1 Å². The first-order chi connectivity index (χ1) is 6.16. The van der Waals surface area contributed by atoms with Crippen molar-refractivity contribution in [2.24, 2.45) is 0 Å². The lowest BCUT2D eigenvalue weighted by Gasteiger charge is -2.10. The van der Waals surface area contributed by atoms with Crippen molar-refractivity contribution >= 4 is 11.1 Å². The second kappa shape index (κ2) is 4.53. The summed E-state index contributed by atoms with van der Waals surface area (Å²) >= 11 is -1.32. The Hall–Kier alpha value is -0.670. The van der Waals surface area contributed by atoms with E-state index >= 15 is 0 Å². The molecule has 0 bridgehead atoms. The highest BCUT2D eigenvalue weighted by Gasteiger charge is 2.10. The van der Waals surface area contributed by atoms with Crippen LogP contribution < -0.4 is 0 Å². The Bertz CT molecular complexity index is 308. The van der Waals surface area contributed by atoms with Gasteiger partial charge in [-0.25, -0.2) is 4.21 Å². The number of hydrogen-bond donors (Lipinski definition) is 0. The summed E-state index contributed by atoms with van der Waals surface area (Å²) in [5, 5.41) is 0. The van der Waals surface area contributed by atoms with Crippen molar-refractivity contribution in [1.82, 2.24) is 0 Å². The summed E-state index contributed by atoms with van der Waals surface area (Å²) in [4.78, 5) is 0.778. The molecule has 0 aliphatic heterocycles. The van der Waals surface area contributed by atoms with Crippen LogP contribution >= 0.6 is 0 Å². The molecular weight excluding hydrogens is 184 g/mol. The summed E-state index contributed by atoms with van der Waals surface area (Å²) in [6.07, 6.45) is 0. The van der Waals surface area contributed by atoms with Crippen molar-refractivity contribution in [2.75, 3.05) is 7.11 Å². The maximum atomic E-state index is 11.4. The Balaban J connectivity index is 3.12. The van der Waals surface area contributed by atoms with Gasteiger partial charge >= 0.3 is 0 Å². The third kappa shape index (κ3) is 2.39. The van der Waals surface area contributed by atoms with E-state index in [0.717, 1.165) is 10.5 Å². The molecule has 13 heavy (non-hydrogen) atoms. The van der Waals surface area contributed by atoms with Gasteiger partial charge in [-0.2, -0.15) is 0 Å². The molecule has 1 unspecified atom stereocenters. The van der Waals surface area contributed by atoms with Crippen molar-refractivity contribution < 1.29 is 8.39 Å². The highest BCUT2D eigenvalue weighted by molar-refractivity contribution is 7.80. The zero-order valence-corrected chi connectivity index (χ0v) is 8.93. The van der Waals surface area contributed by atoms with Gasteiger partial charge in [0.25, 0.3) is 0 Å². The van der Waals surface area contributed by atoms with E-state index in [0.29, 0.717) is 5.92 Å². The quantitative estimate of drug-likeness (QED) is 0.745. The molecule has 0 aliphatic carbocycles. The second-order valence-corrected chi connectivity index (χ2v) is 4.34. The van der Waals surface area contributed by atoms with E-state index in [2.05, 4.69) is 13.8 Å². The van der Waals surface area contributed by atoms with Crippen LogP contribution in [-0.4, -0.2) is 11.3 Å². The summed E-state index contributed by atoms with van der Waals surface area (Å²) in [6.45, 7) is 4.15. The summed E-state index contributed by atoms with van der Waals surface area (Å²) in [5.41, 5.74) is 1.09. The second-order valence-electron chi connectivity index (χ2n) is 3.09. The van der Waals surface area contributed by atoms with E-state index in [1.165, 1.54) is 7.11 Å². The zero-order valence-electron chi connectivity index (χ0n) is 8.11. The number of rotatable bonds is 3. The average molecular weight is 198 g/mol. The van der Waals surface area contributed by atoms with E-state index in [1.54, 1.807) is 0 Å². The van der Waals surface area contributed by atoms with Crippen LogP contribution in [0, 0.1) is 0 Å². The van der Waals surface area contributed by atoms with Gasteiger partial charge in [0.05, 0.1) is 12.0 Å². The maximum absolute atomic E-state index is 11.4. The molecule has 0 aliphatic rings. The highest BCUT2D eigenvalue weighted by Crippen LogP contribution is 2.22. The molecule has 0 saturated carbocycles. The fourth-order valence-electron chi connectivity index (χ4n) is 1.20. The molecule has 1 rings (SSSR count). The van der Waals surface area contributed by atoms with Gasteiger partial charge in [-0.1, -0.05) is 32.0 Å². The lowest BCUT2D eigenvalue weighted by molar-refractivity contribution is 0.445. The Labute approximate surface area is 81.6 Å². The van der Waals surface area contributed by atoms with Gasteiger partial charge in [-0.05, 0) is 17.5 Å². The van der Waals surface area contributed by atoms with Crippen LogP contribution in [0.1, 0.15) is 25.3 Å². The molecular formula is C10H14O2S. The smallest absolute Gasteiger partial charge is 0.189 e. The normalized spacial score (nSPS) is 13.2. The Morgan fingerprint density at radius 1 is 1.31 bits per heavy atom. The number of benzene rings is 1. The van der Waals surface area contributed by atoms with Gasteiger partial charge in [0, 0.05) is 0 Å². The maximum Gasteiger partial charge on any atom is 0.189 e. The predicted octanol–water partition coefficient (Wildman–Crippen LogP) is 2.48. The topological polar surface area (TPSA) is 26.3 Å².